The zero-order valence-corrected chi connectivity index (χ0v) is 21.6. The van der Waals surface area contributed by atoms with Crippen molar-refractivity contribution in [2.24, 2.45) is 0 Å². The first-order valence-electron chi connectivity index (χ1n) is 12.4. The minimum atomic E-state index is -0.933. The SMILES string of the molecule is Cc1cccc(C)c1NC(=O)CC1OC2CN(C(=O)OC(C)(C)C)CC2N(Cc2ccccc2)C1=O. The third-order valence-electron chi connectivity index (χ3n) is 6.50. The lowest BCUT2D eigenvalue weighted by atomic mass is 10.0. The fourth-order valence-corrected chi connectivity index (χ4v) is 4.76. The van der Waals surface area contributed by atoms with Crippen LogP contribution in [0, 0.1) is 13.8 Å². The van der Waals surface area contributed by atoms with E-state index in [0.717, 1.165) is 22.4 Å². The van der Waals surface area contributed by atoms with E-state index in [0.29, 0.717) is 19.6 Å². The number of morpholine rings is 1. The van der Waals surface area contributed by atoms with Crippen molar-refractivity contribution in [3.63, 3.8) is 0 Å². The zero-order valence-electron chi connectivity index (χ0n) is 21.6. The van der Waals surface area contributed by atoms with Crippen LogP contribution in [0.1, 0.15) is 43.9 Å². The molecule has 2 heterocycles. The minimum Gasteiger partial charge on any atom is -0.444 e. The number of amides is 3. The van der Waals surface area contributed by atoms with Crippen LogP contribution in [0.15, 0.2) is 48.5 Å². The predicted molar refractivity (Wildman–Crippen MR) is 136 cm³/mol. The Bertz CT molecular complexity index is 1110. The van der Waals surface area contributed by atoms with E-state index in [1.807, 2.05) is 83.1 Å². The van der Waals surface area contributed by atoms with E-state index >= 15 is 0 Å². The highest BCUT2D eigenvalue weighted by Gasteiger charge is 2.49. The maximum absolute atomic E-state index is 13.6. The fraction of sp³-hybridized carbons (Fsp3) is 0.464. The molecule has 192 valence electrons. The van der Waals surface area contributed by atoms with Crippen molar-refractivity contribution in [2.75, 3.05) is 18.4 Å². The monoisotopic (exact) mass is 493 g/mol. The third-order valence-corrected chi connectivity index (χ3v) is 6.50. The third kappa shape index (κ3) is 5.87. The summed E-state index contributed by atoms with van der Waals surface area (Å²) in [5.74, 6) is -0.534. The second-order valence-corrected chi connectivity index (χ2v) is 10.6. The second-order valence-electron chi connectivity index (χ2n) is 10.6. The van der Waals surface area contributed by atoms with Gasteiger partial charge in [0.2, 0.25) is 5.91 Å². The first-order chi connectivity index (χ1) is 17.0. The van der Waals surface area contributed by atoms with Crippen molar-refractivity contribution in [1.82, 2.24) is 9.80 Å². The van der Waals surface area contributed by atoms with Gasteiger partial charge in [-0.3, -0.25) is 9.59 Å². The molecule has 2 fully saturated rings. The van der Waals surface area contributed by atoms with Crippen molar-refractivity contribution in [1.29, 1.82) is 0 Å². The van der Waals surface area contributed by atoms with E-state index < -0.39 is 23.9 Å². The molecule has 0 aromatic heterocycles. The molecule has 0 saturated carbocycles. The Morgan fingerprint density at radius 1 is 1.03 bits per heavy atom. The average molecular weight is 494 g/mol. The van der Waals surface area contributed by atoms with Gasteiger partial charge in [0, 0.05) is 18.8 Å². The number of para-hydroxylation sites is 1. The molecule has 2 aliphatic rings. The van der Waals surface area contributed by atoms with Crippen LogP contribution in [0.3, 0.4) is 0 Å². The van der Waals surface area contributed by atoms with Gasteiger partial charge in [0.1, 0.15) is 11.7 Å². The van der Waals surface area contributed by atoms with Gasteiger partial charge in [0.15, 0.2) is 0 Å². The van der Waals surface area contributed by atoms with E-state index in [2.05, 4.69) is 5.32 Å². The Balaban J connectivity index is 1.52. The molecule has 4 rings (SSSR count). The van der Waals surface area contributed by atoms with Gasteiger partial charge in [-0.05, 0) is 51.3 Å². The second kappa shape index (κ2) is 10.3. The van der Waals surface area contributed by atoms with Gasteiger partial charge in [-0.15, -0.1) is 0 Å². The lowest BCUT2D eigenvalue weighted by Crippen LogP contribution is -2.58. The molecule has 0 bridgehead atoms. The van der Waals surface area contributed by atoms with E-state index in [4.69, 9.17) is 9.47 Å². The number of hydrogen-bond acceptors (Lipinski definition) is 5. The molecule has 8 heteroatoms. The van der Waals surface area contributed by atoms with E-state index in [-0.39, 0.29) is 24.3 Å². The van der Waals surface area contributed by atoms with Crippen molar-refractivity contribution in [3.8, 4) is 0 Å². The molecule has 0 spiro atoms. The van der Waals surface area contributed by atoms with Gasteiger partial charge in [0.05, 0.1) is 25.1 Å². The molecule has 36 heavy (non-hydrogen) atoms. The largest absolute Gasteiger partial charge is 0.444 e. The lowest BCUT2D eigenvalue weighted by molar-refractivity contribution is -0.169. The number of fused-ring (bicyclic) bond motifs is 1. The summed E-state index contributed by atoms with van der Waals surface area (Å²) in [7, 11) is 0. The number of anilines is 1. The van der Waals surface area contributed by atoms with Gasteiger partial charge in [-0.1, -0.05) is 48.5 Å². The summed E-state index contributed by atoms with van der Waals surface area (Å²) in [6.45, 7) is 10.3. The first-order valence-corrected chi connectivity index (χ1v) is 12.4. The number of carbonyl (C=O) groups is 3. The van der Waals surface area contributed by atoms with Gasteiger partial charge in [-0.25, -0.2) is 4.79 Å². The van der Waals surface area contributed by atoms with Crippen LogP contribution < -0.4 is 5.32 Å². The molecule has 3 unspecified atom stereocenters. The highest BCUT2D eigenvalue weighted by molar-refractivity contribution is 5.96. The number of aryl methyl sites for hydroxylation is 2. The van der Waals surface area contributed by atoms with E-state index in [9.17, 15) is 14.4 Å². The minimum absolute atomic E-state index is 0.104. The van der Waals surface area contributed by atoms with Crippen molar-refractivity contribution < 1.29 is 23.9 Å². The summed E-state index contributed by atoms with van der Waals surface area (Å²) in [5, 5.41) is 2.95. The Morgan fingerprint density at radius 2 is 1.69 bits per heavy atom. The summed E-state index contributed by atoms with van der Waals surface area (Å²) in [4.78, 5) is 42.7. The average Bonchev–Trinajstić information content (AvgIpc) is 3.23. The van der Waals surface area contributed by atoms with Crippen LogP contribution in [0.4, 0.5) is 10.5 Å². The molecule has 2 aromatic rings. The molecule has 2 saturated heterocycles. The maximum Gasteiger partial charge on any atom is 0.410 e. The molecule has 3 amide bonds. The van der Waals surface area contributed by atoms with Crippen LogP contribution >= 0.6 is 0 Å². The Kier molecular flexibility index (Phi) is 7.36. The standard InChI is InChI=1S/C28H35N3O5/c1-18-10-9-11-19(2)25(18)29-24(32)14-22-26(33)31(15-20-12-7-6-8-13-20)21-16-30(17-23(21)35-22)27(34)36-28(3,4)5/h6-13,21-23H,14-17H2,1-5H3,(H,29,32). The number of hydrogen-bond donors (Lipinski definition) is 1. The highest BCUT2D eigenvalue weighted by atomic mass is 16.6. The Morgan fingerprint density at radius 3 is 2.33 bits per heavy atom. The first kappa shape index (κ1) is 25.7. The van der Waals surface area contributed by atoms with Crippen LogP contribution in [0.5, 0.6) is 0 Å². The summed E-state index contributed by atoms with van der Waals surface area (Å²) in [6, 6.07) is 15.2. The van der Waals surface area contributed by atoms with Crippen LogP contribution in [0.25, 0.3) is 0 Å². The molecule has 2 aliphatic heterocycles. The fourth-order valence-electron chi connectivity index (χ4n) is 4.76. The smallest absolute Gasteiger partial charge is 0.410 e. The lowest BCUT2D eigenvalue weighted by Gasteiger charge is -2.40. The zero-order chi connectivity index (χ0) is 26.0. The van der Waals surface area contributed by atoms with E-state index in [1.165, 1.54) is 0 Å². The molecule has 1 N–H and O–H groups in total. The molecule has 0 radical (unpaired) electrons. The molecular formula is C28H35N3O5. The summed E-state index contributed by atoms with van der Waals surface area (Å²) in [5.41, 5.74) is 3.00. The van der Waals surface area contributed by atoms with Crippen LogP contribution in [-0.4, -0.2) is 64.6 Å². The molecule has 3 atom stereocenters. The van der Waals surface area contributed by atoms with Gasteiger partial charge in [-0.2, -0.15) is 0 Å². The van der Waals surface area contributed by atoms with E-state index in [1.54, 1.807) is 9.80 Å². The summed E-state index contributed by atoms with van der Waals surface area (Å²) < 4.78 is 11.7. The van der Waals surface area contributed by atoms with Crippen LogP contribution in [0.2, 0.25) is 0 Å². The summed E-state index contributed by atoms with van der Waals surface area (Å²) in [6.07, 6.45) is -1.88. The van der Waals surface area contributed by atoms with Crippen LogP contribution in [-0.2, 0) is 25.6 Å². The summed E-state index contributed by atoms with van der Waals surface area (Å²) >= 11 is 0. The number of rotatable bonds is 5. The molecular weight excluding hydrogens is 458 g/mol. The topological polar surface area (TPSA) is 88.2 Å². The molecule has 2 aromatic carbocycles. The molecule has 8 nitrogen and oxygen atoms in total. The van der Waals surface area contributed by atoms with Crippen molar-refractivity contribution in [2.45, 2.75) is 71.4 Å². The van der Waals surface area contributed by atoms with Gasteiger partial charge in [0.25, 0.3) is 5.91 Å². The van der Waals surface area contributed by atoms with Crippen molar-refractivity contribution >= 4 is 23.6 Å². The number of likely N-dealkylation sites (tertiary alicyclic amines) is 1. The normalized spacial score (nSPS) is 21.8. The number of benzene rings is 2. The maximum atomic E-state index is 13.6. The quantitative estimate of drug-likeness (QED) is 0.679. The highest BCUT2D eigenvalue weighted by Crippen LogP contribution is 2.30. The van der Waals surface area contributed by atoms with Gasteiger partial charge < -0.3 is 24.6 Å². The Hall–Kier alpha value is -3.39. The Labute approximate surface area is 212 Å². The predicted octanol–water partition coefficient (Wildman–Crippen LogP) is 4.05. The van der Waals surface area contributed by atoms with Gasteiger partial charge >= 0.3 is 6.09 Å². The number of carbonyl (C=O) groups excluding carboxylic acids is 3. The number of ether oxygens (including phenoxy) is 2. The number of nitrogens with one attached hydrogen (secondary N) is 1. The molecule has 0 aliphatic carbocycles. The van der Waals surface area contributed by atoms with Crippen molar-refractivity contribution in [3.05, 3.63) is 65.2 Å². The number of nitrogens with zero attached hydrogens (tertiary/aromatic N) is 2.